The summed E-state index contributed by atoms with van der Waals surface area (Å²) in [7, 11) is 4.12. The fourth-order valence-corrected chi connectivity index (χ4v) is 3.24. The molecule has 1 aromatic carbocycles. The number of nitrogens with zero attached hydrogens (tertiary/aromatic N) is 4. The molecular weight excluding hydrogens is 326 g/mol. The summed E-state index contributed by atoms with van der Waals surface area (Å²) in [6.45, 7) is 7.32. The van der Waals surface area contributed by atoms with Gasteiger partial charge in [-0.2, -0.15) is 0 Å². The number of nitrogens with one attached hydrogen (secondary N) is 1. The Morgan fingerprint density at radius 1 is 1.23 bits per heavy atom. The minimum atomic E-state index is -0.418. The first kappa shape index (κ1) is 18.6. The lowest BCUT2D eigenvalue weighted by Gasteiger charge is -2.30. The third-order valence-electron chi connectivity index (χ3n) is 4.74. The molecule has 0 fully saturated rings. The number of rotatable bonds is 6. The molecule has 0 saturated heterocycles. The lowest BCUT2D eigenvalue weighted by Crippen LogP contribution is -2.31. The number of aromatic nitrogens is 2. The van der Waals surface area contributed by atoms with Crippen LogP contribution < -0.4 is 10.2 Å². The predicted octanol–water partition coefficient (Wildman–Crippen LogP) is 2.37. The second-order valence-electron chi connectivity index (χ2n) is 7.26. The van der Waals surface area contributed by atoms with E-state index in [-0.39, 0.29) is 0 Å². The van der Waals surface area contributed by atoms with E-state index < -0.39 is 6.10 Å². The third-order valence-corrected chi connectivity index (χ3v) is 4.74. The van der Waals surface area contributed by atoms with Gasteiger partial charge in [-0.3, -0.25) is 0 Å². The van der Waals surface area contributed by atoms with Gasteiger partial charge >= 0.3 is 0 Å². The maximum atomic E-state index is 9.78. The number of benzene rings is 1. The van der Waals surface area contributed by atoms with Gasteiger partial charge in [-0.05, 0) is 51.1 Å². The Bertz CT molecular complexity index is 760. The highest BCUT2D eigenvalue weighted by molar-refractivity contribution is 5.51. The summed E-state index contributed by atoms with van der Waals surface area (Å²) in [5, 5.41) is 13.2. The molecule has 2 heterocycles. The van der Waals surface area contributed by atoms with Crippen LogP contribution in [0.25, 0.3) is 0 Å². The van der Waals surface area contributed by atoms with Crippen LogP contribution in [0.3, 0.4) is 0 Å². The highest BCUT2D eigenvalue weighted by Crippen LogP contribution is 2.27. The number of aliphatic hydroxyl groups excluding tert-OH is 1. The van der Waals surface area contributed by atoms with E-state index in [1.807, 2.05) is 26.0 Å². The van der Waals surface area contributed by atoms with E-state index >= 15 is 0 Å². The van der Waals surface area contributed by atoms with Crippen LogP contribution in [-0.4, -0.2) is 53.7 Å². The van der Waals surface area contributed by atoms with Crippen molar-refractivity contribution in [2.75, 3.05) is 43.9 Å². The molecule has 1 atom stereocenters. The van der Waals surface area contributed by atoms with Crippen LogP contribution in [0.15, 0.2) is 24.3 Å². The normalized spacial score (nSPS) is 15.1. The number of hydrogen-bond donors (Lipinski definition) is 2. The van der Waals surface area contributed by atoms with Crippen LogP contribution >= 0.6 is 0 Å². The average molecular weight is 355 g/mol. The molecule has 2 N–H and O–H groups in total. The summed E-state index contributed by atoms with van der Waals surface area (Å²) in [6.07, 6.45) is 0.543. The Morgan fingerprint density at radius 3 is 2.77 bits per heavy atom. The highest BCUT2D eigenvalue weighted by Gasteiger charge is 2.19. The zero-order chi connectivity index (χ0) is 18.7. The summed E-state index contributed by atoms with van der Waals surface area (Å²) >= 11 is 0. The fourth-order valence-electron chi connectivity index (χ4n) is 3.24. The molecule has 0 spiro atoms. The fraction of sp³-hybridized carbons (Fsp3) is 0.500. The zero-order valence-corrected chi connectivity index (χ0v) is 16.2. The molecule has 0 amide bonds. The quantitative estimate of drug-likeness (QED) is 0.829. The number of hydrogen-bond acceptors (Lipinski definition) is 6. The summed E-state index contributed by atoms with van der Waals surface area (Å²) < 4.78 is 0. The van der Waals surface area contributed by atoms with Crippen molar-refractivity contribution < 1.29 is 5.11 Å². The van der Waals surface area contributed by atoms with Crippen LogP contribution in [0.1, 0.15) is 35.5 Å². The van der Waals surface area contributed by atoms with Gasteiger partial charge in [0, 0.05) is 32.2 Å². The van der Waals surface area contributed by atoms with Crippen LogP contribution in [0, 0.1) is 6.92 Å². The Hall–Kier alpha value is -2.18. The minimum absolute atomic E-state index is 0.418. The first-order chi connectivity index (χ1) is 12.4. The van der Waals surface area contributed by atoms with E-state index in [0.29, 0.717) is 0 Å². The van der Waals surface area contributed by atoms with Gasteiger partial charge in [0.15, 0.2) is 0 Å². The first-order valence-electron chi connectivity index (χ1n) is 9.21. The maximum Gasteiger partial charge on any atom is 0.134 e. The zero-order valence-electron chi connectivity index (χ0n) is 16.2. The van der Waals surface area contributed by atoms with Crippen molar-refractivity contribution in [2.24, 2.45) is 0 Å². The molecule has 26 heavy (non-hydrogen) atoms. The summed E-state index contributed by atoms with van der Waals surface area (Å²) in [5.74, 6) is 2.63. The summed E-state index contributed by atoms with van der Waals surface area (Å²) in [4.78, 5) is 13.6. The number of aryl methyl sites for hydroxylation is 1. The van der Waals surface area contributed by atoms with Crippen molar-refractivity contribution in [1.29, 1.82) is 0 Å². The molecule has 2 aromatic rings. The SMILES string of the molecule is Cc1nc(NCCN(C)C)cc(N2CCc3cc([C@@H](C)O)ccc3C2)n1. The van der Waals surface area contributed by atoms with Gasteiger partial charge in [0.1, 0.15) is 17.5 Å². The van der Waals surface area contributed by atoms with E-state index in [2.05, 4.69) is 51.3 Å². The van der Waals surface area contributed by atoms with Crippen LogP contribution in [0.5, 0.6) is 0 Å². The molecular formula is C20H29N5O. The predicted molar refractivity (Wildman–Crippen MR) is 106 cm³/mol. The molecule has 0 aliphatic carbocycles. The Labute approximate surface area is 155 Å². The lowest BCUT2D eigenvalue weighted by molar-refractivity contribution is 0.199. The molecule has 3 rings (SSSR count). The molecule has 6 heteroatoms. The highest BCUT2D eigenvalue weighted by atomic mass is 16.3. The number of fused-ring (bicyclic) bond motifs is 1. The third kappa shape index (κ3) is 4.51. The largest absolute Gasteiger partial charge is 0.389 e. The van der Waals surface area contributed by atoms with Crippen molar-refractivity contribution in [3.05, 3.63) is 46.8 Å². The Balaban J connectivity index is 1.74. The smallest absolute Gasteiger partial charge is 0.134 e. The molecule has 0 unspecified atom stereocenters. The summed E-state index contributed by atoms with van der Waals surface area (Å²) in [5.41, 5.74) is 3.62. The maximum absolute atomic E-state index is 9.78. The number of anilines is 2. The Kier molecular flexibility index (Phi) is 5.74. The van der Waals surface area contributed by atoms with E-state index in [0.717, 1.165) is 55.6 Å². The number of likely N-dealkylation sites (N-methyl/N-ethyl adjacent to an activating group) is 1. The van der Waals surface area contributed by atoms with Crippen molar-refractivity contribution in [3.8, 4) is 0 Å². The van der Waals surface area contributed by atoms with Gasteiger partial charge in [0.05, 0.1) is 6.10 Å². The van der Waals surface area contributed by atoms with Crippen molar-refractivity contribution >= 4 is 11.6 Å². The lowest BCUT2D eigenvalue weighted by atomic mass is 9.96. The van der Waals surface area contributed by atoms with Crippen molar-refractivity contribution in [3.63, 3.8) is 0 Å². The molecule has 1 aromatic heterocycles. The average Bonchev–Trinajstić information content (AvgIpc) is 2.60. The molecule has 1 aliphatic rings. The van der Waals surface area contributed by atoms with Crippen molar-refractivity contribution in [2.45, 2.75) is 32.9 Å². The van der Waals surface area contributed by atoms with Gasteiger partial charge in [-0.25, -0.2) is 9.97 Å². The van der Waals surface area contributed by atoms with Gasteiger partial charge in [-0.15, -0.1) is 0 Å². The molecule has 140 valence electrons. The first-order valence-corrected chi connectivity index (χ1v) is 9.21. The standard InChI is InChI=1S/C20H29N5O/c1-14(26)16-5-6-18-13-25(9-7-17(18)11-16)20-12-19(22-15(2)23-20)21-8-10-24(3)4/h5-6,11-12,14,26H,7-10,13H2,1-4H3,(H,21,22,23)/t14-/m1/s1. The summed E-state index contributed by atoms with van der Waals surface area (Å²) in [6, 6.07) is 8.33. The van der Waals surface area contributed by atoms with E-state index in [4.69, 9.17) is 0 Å². The molecule has 0 saturated carbocycles. The van der Waals surface area contributed by atoms with Gasteiger partial charge in [-0.1, -0.05) is 18.2 Å². The van der Waals surface area contributed by atoms with Gasteiger partial charge in [0.2, 0.25) is 0 Å². The topological polar surface area (TPSA) is 64.5 Å². The minimum Gasteiger partial charge on any atom is -0.389 e. The second-order valence-corrected chi connectivity index (χ2v) is 7.26. The monoisotopic (exact) mass is 355 g/mol. The van der Waals surface area contributed by atoms with Crippen LogP contribution in [0.4, 0.5) is 11.6 Å². The number of aliphatic hydroxyl groups is 1. The van der Waals surface area contributed by atoms with Crippen LogP contribution in [-0.2, 0) is 13.0 Å². The molecule has 0 bridgehead atoms. The molecule has 1 aliphatic heterocycles. The molecule has 6 nitrogen and oxygen atoms in total. The van der Waals surface area contributed by atoms with Gasteiger partial charge in [0.25, 0.3) is 0 Å². The van der Waals surface area contributed by atoms with E-state index in [9.17, 15) is 5.11 Å². The van der Waals surface area contributed by atoms with Crippen LogP contribution in [0.2, 0.25) is 0 Å². The molecule has 0 radical (unpaired) electrons. The Morgan fingerprint density at radius 2 is 2.04 bits per heavy atom. The van der Waals surface area contributed by atoms with Gasteiger partial charge < -0.3 is 20.2 Å². The van der Waals surface area contributed by atoms with E-state index in [1.54, 1.807) is 0 Å². The van der Waals surface area contributed by atoms with E-state index in [1.165, 1.54) is 11.1 Å². The van der Waals surface area contributed by atoms with Crippen molar-refractivity contribution in [1.82, 2.24) is 14.9 Å². The second kappa shape index (κ2) is 8.01.